The Kier molecular flexibility index (Phi) is 5.35. The number of hydrogen-bond donors (Lipinski definition) is 1. The fourth-order valence-electron chi connectivity index (χ4n) is 2.43. The molecular weight excluding hydrogens is 386 g/mol. The van der Waals surface area contributed by atoms with Crippen molar-refractivity contribution in [2.75, 3.05) is 20.6 Å². The van der Waals surface area contributed by atoms with Gasteiger partial charge >= 0.3 is 0 Å². The minimum atomic E-state index is -0.287. The third-order valence-electron chi connectivity index (χ3n) is 3.82. The lowest BCUT2D eigenvalue weighted by Gasteiger charge is -2.22. The summed E-state index contributed by atoms with van der Waals surface area (Å²) in [6.45, 7) is 0.403. The summed E-state index contributed by atoms with van der Waals surface area (Å²) in [4.78, 5) is 14.3. The molecule has 1 aromatic carbocycles. The van der Waals surface area contributed by atoms with Gasteiger partial charge in [-0.25, -0.2) is 0 Å². The van der Waals surface area contributed by atoms with Crippen molar-refractivity contribution >= 4 is 21.8 Å². The highest BCUT2D eigenvalue weighted by molar-refractivity contribution is 9.10. The number of aromatic nitrogens is 1. The van der Waals surface area contributed by atoms with E-state index in [4.69, 9.17) is 8.94 Å². The summed E-state index contributed by atoms with van der Waals surface area (Å²) in [5.41, 5.74) is 1.10. The van der Waals surface area contributed by atoms with Crippen molar-refractivity contribution in [1.29, 1.82) is 0 Å². The zero-order valence-corrected chi connectivity index (χ0v) is 15.5. The molecule has 1 atom stereocenters. The van der Waals surface area contributed by atoms with E-state index in [2.05, 4.69) is 26.4 Å². The van der Waals surface area contributed by atoms with Gasteiger partial charge in [0.1, 0.15) is 5.76 Å². The average Bonchev–Trinajstić information content (AvgIpc) is 3.27. The van der Waals surface area contributed by atoms with Crippen LogP contribution in [0, 0.1) is 0 Å². The number of nitrogens with one attached hydrogen (secondary N) is 1. The molecule has 6 nitrogen and oxygen atoms in total. The SMILES string of the molecule is CN(C)[C@@H](CNC(=O)c1cc(-c2ccc(Br)cc2)on1)c1ccco1. The van der Waals surface area contributed by atoms with Gasteiger partial charge in [-0.15, -0.1) is 0 Å². The second-order valence-corrected chi connectivity index (χ2v) is 6.70. The van der Waals surface area contributed by atoms with Gasteiger partial charge in [-0.2, -0.15) is 0 Å². The van der Waals surface area contributed by atoms with E-state index in [0.717, 1.165) is 15.8 Å². The average molecular weight is 404 g/mol. The molecule has 2 heterocycles. The molecule has 0 bridgehead atoms. The van der Waals surface area contributed by atoms with Crippen LogP contribution in [0.5, 0.6) is 0 Å². The van der Waals surface area contributed by atoms with Crippen LogP contribution in [0.4, 0.5) is 0 Å². The maximum atomic E-state index is 12.3. The maximum Gasteiger partial charge on any atom is 0.273 e. The number of rotatable bonds is 6. The summed E-state index contributed by atoms with van der Waals surface area (Å²) in [6, 6.07) is 12.9. The van der Waals surface area contributed by atoms with E-state index in [1.807, 2.05) is 55.4 Å². The second-order valence-electron chi connectivity index (χ2n) is 5.79. The molecule has 2 aromatic heterocycles. The fraction of sp³-hybridized carbons (Fsp3) is 0.222. The number of nitrogens with zero attached hydrogens (tertiary/aromatic N) is 2. The Morgan fingerprint density at radius 3 is 2.68 bits per heavy atom. The third-order valence-corrected chi connectivity index (χ3v) is 4.35. The van der Waals surface area contributed by atoms with Crippen LogP contribution in [-0.4, -0.2) is 36.6 Å². The molecule has 7 heteroatoms. The minimum absolute atomic E-state index is 0.0585. The number of halogens is 1. The standard InChI is InChI=1S/C18H18BrN3O3/c1-22(2)15(16-4-3-9-24-16)11-20-18(23)14-10-17(25-21-14)12-5-7-13(19)8-6-12/h3-10,15H,11H2,1-2H3,(H,20,23)/t15-/m0/s1. The quantitative estimate of drug-likeness (QED) is 0.678. The Balaban J connectivity index is 1.66. The zero-order valence-electron chi connectivity index (χ0n) is 13.9. The molecule has 0 saturated heterocycles. The van der Waals surface area contributed by atoms with Crippen LogP contribution >= 0.6 is 15.9 Å². The van der Waals surface area contributed by atoms with Gasteiger partial charge in [0.25, 0.3) is 5.91 Å². The first-order chi connectivity index (χ1) is 12.0. The van der Waals surface area contributed by atoms with Crippen molar-refractivity contribution in [2.24, 2.45) is 0 Å². The Morgan fingerprint density at radius 1 is 1.28 bits per heavy atom. The van der Waals surface area contributed by atoms with Gasteiger partial charge in [-0.3, -0.25) is 9.69 Å². The summed E-state index contributed by atoms with van der Waals surface area (Å²) < 4.78 is 11.7. The lowest BCUT2D eigenvalue weighted by Crippen LogP contribution is -2.34. The van der Waals surface area contributed by atoms with Crippen LogP contribution in [0.25, 0.3) is 11.3 Å². The number of hydrogen-bond acceptors (Lipinski definition) is 5. The highest BCUT2D eigenvalue weighted by Gasteiger charge is 2.20. The van der Waals surface area contributed by atoms with Gasteiger partial charge in [-0.05, 0) is 38.4 Å². The molecule has 130 valence electrons. The third kappa shape index (κ3) is 4.18. The molecule has 0 aliphatic carbocycles. The predicted molar refractivity (Wildman–Crippen MR) is 97.1 cm³/mol. The highest BCUT2D eigenvalue weighted by Crippen LogP contribution is 2.23. The molecule has 0 radical (unpaired) electrons. The Morgan fingerprint density at radius 2 is 2.04 bits per heavy atom. The highest BCUT2D eigenvalue weighted by atomic mass is 79.9. The van der Waals surface area contributed by atoms with Crippen molar-refractivity contribution in [3.05, 3.63) is 64.7 Å². The van der Waals surface area contributed by atoms with Crippen molar-refractivity contribution < 1.29 is 13.7 Å². The number of carbonyl (C=O) groups is 1. The molecular formula is C18H18BrN3O3. The largest absolute Gasteiger partial charge is 0.468 e. The van der Waals surface area contributed by atoms with Crippen molar-refractivity contribution in [3.63, 3.8) is 0 Å². The van der Waals surface area contributed by atoms with E-state index in [-0.39, 0.29) is 17.6 Å². The van der Waals surface area contributed by atoms with Crippen molar-refractivity contribution in [3.8, 4) is 11.3 Å². The van der Waals surface area contributed by atoms with E-state index in [9.17, 15) is 4.79 Å². The van der Waals surface area contributed by atoms with Crippen LogP contribution in [0.1, 0.15) is 22.3 Å². The predicted octanol–water partition coefficient (Wildman–Crippen LogP) is 3.73. The summed E-state index contributed by atoms with van der Waals surface area (Å²) in [7, 11) is 3.86. The fourth-order valence-corrected chi connectivity index (χ4v) is 2.70. The summed E-state index contributed by atoms with van der Waals surface area (Å²) >= 11 is 3.39. The summed E-state index contributed by atoms with van der Waals surface area (Å²) in [5.74, 6) is 1.05. The van der Waals surface area contributed by atoms with E-state index in [1.54, 1.807) is 12.3 Å². The lowest BCUT2D eigenvalue weighted by molar-refractivity contribution is 0.0930. The molecule has 0 saturated carbocycles. The van der Waals surface area contributed by atoms with Crippen LogP contribution in [0.2, 0.25) is 0 Å². The Labute approximate surface area is 153 Å². The van der Waals surface area contributed by atoms with Crippen molar-refractivity contribution in [1.82, 2.24) is 15.4 Å². The number of benzene rings is 1. The molecule has 3 rings (SSSR count). The second kappa shape index (κ2) is 7.67. The maximum absolute atomic E-state index is 12.3. The lowest BCUT2D eigenvalue weighted by atomic mass is 10.1. The monoisotopic (exact) mass is 403 g/mol. The Hall–Kier alpha value is -2.38. The molecule has 1 N–H and O–H groups in total. The van der Waals surface area contributed by atoms with Gasteiger partial charge in [0.2, 0.25) is 0 Å². The molecule has 3 aromatic rings. The molecule has 0 aliphatic rings. The van der Waals surface area contributed by atoms with E-state index >= 15 is 0 Å². The van der Waals surface area contributed by atoms with Gasteiger partial charge in [0.15, 0.2) is 11.5 Å². The normalized spacial score (nSPS) is 12.3. The van der Waals surface area contributed by atoms with E-state index < -0.39 is 0 Å². The number of carbonyl (C=O) groups excluding carboxylic acids is 1. The Bertz CT molecular complexity index is 826. The van der Waals surface area contributed by atoms with Crippen LogP contribution in [0.15, 0.2) is 62.1 Å². The first kappa shape index (κ1) is 17.4. The van der Waals surface area contributed by atoms with Gasteiger partial charge in [0, 0.05) is 22.6 Å². The molecule has 25 heavy (non-hydrogen) atoms. The van der Waals surface area contributed by atoms with Crippen LogP contribution < -0.4 is 5.32 Å². The number of furan rings is 1. The molecule has 0 spiro atoms. The first-order valence-corrected chi connectivity index (χ1v) is 8.54. The van der Waals surface area contributed by atoms with E-state index in [0.29, 0.717) is 12.3 Å². The van der Waals surface area contributed by atoms with Crippen LogP contribution in [0.3, 0.4) is 0 Å². The molecule has 0 unspecified atom stereocenters. The zero-order chi connectivity index (χ0) is 17.8. The molecule has 0 fully saturated rings. The number of amides is 1. The van der Waals surface area contributed by atoms with Gasteiger partial charge in [0.05, 0.1) is 12.3 Å². The first-order valence-electron chi connectivity index (χ1n) is 7.75. The summed E-state index contributed by atoms with van der Waals surface area (Å²) in [6.07, 6.45) is 1.62. The van der Waals surface area contributed by atoms with Crippen molar-refractivity contribution in [2.45, 2.75) is 6.04 Å². The summed E-state index contributed by atoms with van der Waals surface area (Å²) in [5, 5.41) is 6.74. The molecule has 0 aliphatic heterocycles. The van der Waals surface area contributed by atoms with Gasteiger partial charge in [-0.1, -0.05) is 33.2 Å². The minimum Gasteiger partial charge on any atom is -0.468 e. The van der Waals surface area contributed by atoms with E-state index in [1.165, 1.54) is 0 Å². The number of likely N-dealkylation sites (N-methyl/N-ethyl adjacent to an activating group) is 1. The topological polar surface area (TPSA) is 71.5 Å². The van der Waals surface area contributed by atoms with Crippen LogP contribution in [-0.2, 0) is 0 Å². The molecule has 1 amide bonds. The smallest absolute Gasteiger partial charge is 0.273 e. The van der Waals surface area contributed by atoms with Gasteiger partial charge < -0.3 is 14.3 Å².